The molecule has 0 fully saturated rings. The number of anilines is 1. The van der Waals surface area contributed by atoms with E-state index in [1.165, 1.54) is 16.4 Å². The Morgan fingerprint density at radius 3 is 1.68 bits per heavy atom. The van der Waals surface area contributed by atoms with E-state index in [2.05, 4.69) is 31.9 Å². The van der Waals surface area contributed by atoms with Crippen LogP contribution in [0.4, 0.5) is 5.69 Å². The van der Waals surface area contributed by atoms with E-state index >= 15 is 0 Å². The molecule has 31 heavy (non-hydrogen) atoms. The van der Waals surface area contributed by atoms with E-state index in [1.54, 1.807) is 26.4 Å². The fourth-order valence-electron chi connectivity index (χ4n) is 2.99. The number of methoxy groups -OCH3 is 2. The van der Waals surface area contributed by atoms with Gasteiger partial charge in [-0.2, -0.15) is 4.31 Å². The van der Waals surface area contributed by atoms with Crippen LogP contribution in [0.5, 0.6) is 11.5 Å². The quantitative estimate of drug-likeness (QED) is 0.377. The van der Waals surface area contributed by atoms with Gasteiger partial charge >= 0.3 is 0 Å². The van der Waals surface area contributed by atoms with Crippen molar-refractivity contribution in [1.82, 2.24) is 4.31 Å². The van der Waals surface area contributed by atoms with Crippen LogP contribution in [-0.4, -0.2) is 26.9 Å². The number of sulfonamides is 1. The molecule has 0 bridgehead atoms. The fourth-order valence-corrected chi connectivity index (χ4v) is 5.13. The first-order valence-corrected chi connectivity index (χ1v) is 12.3. The molecule has 0 aromatic heterocycles. The molecule has 9 heteroatoms. The number of ether oxygens (including phenoxy) is 2. The zero-order valence-corrected chi connectivity index (χ0v) is 21.0. The smallest absolute Gasteiger partial charge is 0.243 e. The maximum atomic E-state index is 13.6. The van der Waals surface area contributed by atoms with Gasteiger partial charge in [0.1, 0.15) is 11.5 Å². The molecule has 0 atom stereocenters. The van der Waals surface area contributed by atoms with Crippen molar-refractivity contribution in [2.24, 2.45) is 0 Å². The van der Waals surface area contributed by atoms with E-state index in [0.717, 1.165) is 20.1 Å². The summed E-state index contributed by atoms with van der Waals surface area (Å²) in [5, 5.41) is 0. The van der Waals surface area contributed by atoms with E-state index in [-0.39, 0.29) is 18.0 Å². The zero-order chi connectivity index (χ0) is 22.6. The van der Waals surface area contributed by atoms with E-state index in [1.807, 2.05) is 36.4 Å². The number of nitrogens with zero attached hydrogens (tertiary/aromatic N) is 1. The number of hydrogen-bond donors (Lipinski definition) is 1. The van der Waals surface area contributed by atoms with Crippen molar-refractivity contribution in [2.75, 3.05) is 20.0 Å². The number of nitrogen functional groups attached to an aromatic ring is 1. The van der Waals surface area contributed by atoms with Crippen LogP contribution in [0.2, 0.25) is 0 Å². The van der Waals surface area contributed by atoms with E-state index in [9.17, 15) is 8.42 Å². The molecule has 0 heterocycles. The van der Waals surface area contributed by atoms with Crippen LogP contribution in [0.15, 0.2) is 74.5 Å². The molecule has 0 amide bonds. The largest absolute Gasteiger partial charge is 0.497 e. The molecule has 3 aromatic carbocycles. The molecule has 0 saturated carbocycles. The van der Waals surface area contributed by atoms with Gasteiger partial charge in [-0.25, -0.2) is 8.42 Å². The Morgan fingerprint density at radius 2 is 1.26 bits per heavy atom. The molecule has 3 aromatic rings. The molecule has 6 nitrogen and oxygen atoms in total. The molecule has 0 saturated heterocycles. The lowest BCUT2D eigenvalue weighted by atomic mass is 10.2. The van der Waals surface area contributed by atoms with Gasteiger partial charge in [0.2, 0.25) is 10.0 Å². The lowest BCUT2D eigenvalue weighted by Crippen LogP contribution is -2.30. The topological polar surface area (TPSA) is 81.9 Å². The van der Waals surface area contributed by atoms with Crippen LogP contribution in [0.1, 0.15) is 11.1 Å². The summed E-state index contributed by atoms with van der Waals surface area (Å²) in [5.41, 5.74) is 7.80. The monoisotopic (exact) mass is 568 g/mol. The average Bonchev–Trinajstić information content (AvgIpc) is 2.76. The third-order valence-corrected chi connectivity index (χ3v) is 8.07. The number of nitrogens with two attached hydrogens (primary N) is 1. The summed E-state index contributed by atoms with van der Waals surface area (Å²) in [5.74, 6) is 1.29. The van der Waals surface area contributed by atoms with Crippen molar-refractivity contribution < 1.29 is 17.9 Å². The van der Waals surface area contributed by atoms with Crippen molar-refractivity contribution in [3.05, 3.63) is 80.7 Å². The summed E-state index contributed by atoms with van der Waals surface area (Å²) in [6, 6.07) is 17.1. The van der Waals surface area contributed by atoms with Crippen LogP contribution in [0.25, 0.3) is 0 Å². The van der Waals surface area contributed by atoms with E-state index in [0.29, 0.717) is 17.2 Å². The Hall–Kier alpha value is -2.07. The summed E-state index contributed by atoms with van der Waals surface area (Å²) in [4.78, 5) is 0.166. The van der Waals surface area contributed by atoms with Crippen LogP contribution in [0, 0.1) is 0 Å². The minimum atomic E-state index is -3.83. The van der Waals surface area contributed by atoms with Crippen LogP contribution in [0.3, 0.4) is 0 Å². The van der Waals surface area contributed by atoms with Gasteiger partial charge in [0.25, 0.3) is 0 Å². The van der Waals surface area contributed by atoms with Gasteiger partial charge in [0, 0.05) is 27.7 Å². The highest BCUT2D eigenvalue weighted by molar-refractivity contribution is 9.10. The maximum Gasteiger partial charge on any atom is 0.243 e. The van der Waals surface area contributed by atoms with Crippen LogP contribution < -0.4 is 15.2 Å². The van der Waals surface area contributed by atoms with Gasteiger partial charge in [-0.05, 0) is 71.8 Å². The Labute approximate surface area is 199 Å². The summed E-state index contributed by atoms with van der Waals surface area (Å²) in [7, 11) is -0.687. The van der Waals surface area contributed by atoms with Crippen LogP contribution in [-0.2, 0) is 23.1 Å². The van der Waals surface area contributed by atoms with Crippen molar-refractivity contribution >= 4 is 47.6 Å². The zero-order valence-electron chi connectivity index (χ0n) is 17.0. The average molecular weight is 570 g/mol. The molecule has 0 aliphatic rings. The second-order valence-corrected chi connectivity index (χ2v) is 10.4. The summed E-state index contributed by atoms with van der Waals surface area (Å²) in [6.45, 7) is 0.266. The van der Waals surface area contributed by atoms with E-state index < -0.39 is 10.0 Å². The SMILES string of the molecule is COc1ccc(Br)c(CN(Cc2cc(OC)ccc2Br)S(=O)(=O)c2ccc(N)cc2)c1. The molecule has 0 aliphatic heterocycles. The lowest BCUT2D eigenvalue weighted by Gasteiger charge is -2.24. The first kappa shape index (κ1) is 23.6. The molecule has 0 radical (unpaired) electrons. The normalized spacial score (nSPS) is 11.5. The minimum absolute atomic E-state index is 0.133. The maximum absolute atomic E-state index is 13.6. The standard InChI is InChI=1S/C22H22Br2N2O4S/c1-29-18-5-9-21(23)15(11-18)13-26(14-16-12-19(30-2)6-10-22(16)24)31(27,28)20-7-3-17(25)4-8-20/h3-12H,13-14,25H2,1-2H3. The van der Waals surface area contributed by atoms with Crippen molar-refractivity contribution in [1.29, 1.82) is 0 Å². The van der Waals surface area contributed by atoms with E-state index in [4.69, 9.17) is 15.2 Å². The summed E-state index contributed by atoms with van der Waals surface area (Å²) in [6.07, 6.45) is 0. The predicted octanol–water partition coefficient (Wildman–Crippen LogP) is 5.20. The van der Waals surface area contributed by atoms with Gasteiger partial charge in [0.05, 0.1) is 19.1 Å². The molecular formula is C22H22Br2N2O4S. The number of hydrogen-bond acceptors (Lipinski definition) is 5. The molecule has 2 N–H and O–H groups in total. The summed E-state index contributed by atoms with van der Waals surface area (Å²) >= 11 is 7.04. The van der Waals surface area contributed by atoms with Crippen molar-refractivity contribution in [3.8, 4) is 11.5 Å². The second-order valence-electron chi connectivity index (χ2n) is 6.76. The third kappa shape index (κ3) is 5.60. The first-order chi connectivity index (χ1) is 14.7. The molecule has 0 spiro atoms. The van der Waals surface area contributed by atoms with Gasteiger partial charge < -0.3 is 15.2 Å². The summed E-state index contributed by atoms with van der Waals surface area (Å²) < 4.78 is 40.8. The minimum Gasteiger partial charge on any atom is -0.497 e. The Balaban J connectivity index is 2.06. The molecule has 164 valence electrons. The van der Waals surface area contributed by atoms with Crippen molar-refractivity contribution in [3.63, 3.8) is 0 Å². The highest BCUT2D eigenvalue weighted by atomic mass is 79.9. The molecular weight excluding hydrogens is 548 g/mol. The number of benzene rings is 3. The third-order valence-electron chi connectivity index (χ3n) is 4.72. The Bertz CT molecular complexity index is 1110. The van der Waals surface area contributed by atoms with Crippen LogP contribution >= 0.6 is 31.9 Å². The molecule has 0 unspecified atom stereocenters. The Kier molecular flexibility index (Phi) is 7.64. The van der Waals surface area contributed by atoms with Gasteiger partial charge in [-0.15, -0.1) is 0 Å². The molecule has 0 aliphatic carbocycles. The highest BCUT2D eigenvalue weighted by Gasteiger charge is 2.26. The number of halogens is 2. The highest BCUT2D eigenvalue weighted by Crippen LogP contribution is 2.30. The van der Waals surface area contributed by atoms with Crippen molar-refractivity contribution in [2.45, 2.75) is 18.0 Å². The van der Waals surface area contributed by atoms with Gasteiger partial charge in [-0.1, -0.05) is 31.9 Å². The lowest BCUT2D eigenvalue weighted by molar-refractivity contribution is 0.390. The Morgan fingerprint density at radius 1 is 0.806 bits per heavy atom. The second kappa shape index (κ2) is 10.0. The predicted molar refractivity (Wildman–Crippen MR) is 129 cm³/mol. The molecule has 3 rings (SSSR count). The number of rotatable bonds is 8. The van der Waals surface area contributed by atoms with Gasteiger partial charge in [0.15, 0.2) is 0 Å². The fraction of sp³-hybridized carbons (Fsp3) is 0.182. The first-order valence-electron chi connectivity index (χ1n) is 9.25. The van der Waals surface area contributed by atoms with Gasteiger partial charge in [-0.3, -0.25) is 0 Å².